The van der Waals surface area contributed by atoms with E-state index < -0.39 is 16.6 Å². The van der Waals surface area contributed by atoms with E-state index in [1.165, 1.54) is 7.11 Å². The van der Waals surface area contributed by atoms with Gasteiger partial charge in [0.05, 0.1) is 13.2 Å². The number of allylic oxidation sites excluding steroid dienone is 3. The highest BCUT2D eigenvalue weighted by Gasteiger charge is 2.39. The maximum Gasteiger partial charge on any atom is 0.305 e. The Kier molecular flexibility index (Phi) is 13.4. The molecule has 0 radical (unpaired) electrons. The van der Waals surface area contributed by atoms with Crippen molar-refractivity contribution in [1.29, 1.82) is 0 Å². The molecule has 0 aromatic carbocycles. The highest BCUT2D eigenvalue weighted by Crippen LogP contribution is 2.38. The molecule has 0 aliphatic heterocycles. The lowest BCUT2D eigenvalue weighted by molar-refractivity contribution is -0.140. The summed E-state index contributed by atoms with van der Waals surface area (Å²) in [7, 11) is -2.47. The molecule has 0 fully saturated rings. The molecule has 4 nitrogen and oxygen atoms in total. The molecule has 0 N–H and O–H groups in total. The van der Waals surface area contributed by atoms with Crippen LogP contribution in [-0.4, -0.2) is 41.9 Å². The molecule has 0 rings (SSSR count). The summed E-state index contributed by atoms with van der Waals surface area (Å²) in [6.45, 7) is 22.2. The summed E-state index contributed by atoms with van der Waals surface area (Å²) in [5, 5.41) is 0.214. The predicted molar refractivity (Wildman–Crippen MR) is 150 cm³/mol. The van der Waals surface area contributed by atoms with E-state index in [1.807, 2.05) is 24.3 Å². The number of terminal acetylenes is 1. The van der Waals surface area contributed by atoms with Crippen LogP contribution in [0.1, 0.15) is 67.2 Å². The molecule has 0 aromatic rings. The number of rotatable bonds is 11. The molecule has 0 saturated carbocycles. The molecular weight excluding hydrogens is 456 g/mol. The third-order valence-corrected chi connectivity index (χ3v) is 15.7. The highest BCUT2D eigenvalue weighted by molar-refractivity contribution is 6.74. The van der Waals surface area contributed by atoms with Gasteiger partial charge in [-0.15, -0.1) is 12.3 Å². The normalized spacial score (nSPS) is 15.0. The van der Waals surface area contributed by atoms with Gasteiger partial charge in [-0.25, -0.2) is 0 Å². The van der Waals surface area contributed by atoms with Crippen molar-refractivity contribution in [3.05, 3.63) is 24.3 Å². The van der Waals surface area contributed by atoms with Crippen LogP contribution >= 0.6 is 0 Å². The maximum absolute atomic E-state index is 11.5. The van der Waals surface area contributed by atoms with Crippen molar-refractivity contribution < 1.29 is 18.4 Å². The van der Waals surface area contributed by atoms with Gasteiger partial charge in [0.2, 0.25) is 0 Å². The number of methoxy groups -OCH3 is 1. The topological polar surface area (TPSA) is 44.8 Å². The summed E-state index contributed by atoms with van der Waals surface area (Å²) >= 11 is 0. The number of esters is 1. The monoisotopic (exact) mass is 504 g/mol. The van der Waals surface area contributed by atoms with E-state index in [1.54, 1.807) is 0 Å². The Morgan fingerprint density at radius 2 is 1.53 bits per heavy atom. The average molecular weight is 505 g/mol. The van der Waals surface area contributed by atoms with Crippen LogP contribution in [0.3, 0.4) is 0 Å². The molecule has 0 saturated heterocycles. The SMILES string of the molecule is C#CC[C@H](/C=C/C=C/C#CC(CCCC(=O)OC)O[Si](C)(C)C(C)(C)C)O[Si](C)(C)C(C)(C)C. The van der Waals surface area contributed by atoms with Crippen LogP contribution in [0, 0.1) is 24.2 Å². The lowest BCUT2D eigenvalue weighted by atomic mass is 10.1. The second kappa shape index (κ2) is 14.1. The summed E-state index contributed by atoms with van der Waals surface area (Å²) in [6, 6.07) is 0. The van der Waals surface area contributed by atoms with Gasteiger partial charge in [0.25, 0.3) is 0 Å². The number of hydrogen-bond donors (Lipinski definition) is 0. The first-order chi connectivity index (χ1) is 15.5. The highest BCUT2D eigenvalue weighted by atomic mass is 28.4. The number of carbonyl (C=O) groups is 1. The van der Waals surface area contributed by atoms with E-state index in [0.29, 0.717) is 25.7 Å². The first-order valence-electron chi connectivity index (χ1n) is 12.2. The second-order valence-corrected chi connectivity index (χ2v) is 21.2. The van der Waals surface area contributed by atoms with Crippen molar-refractivity contribution in [3.63, 3.8) is 0 Å². The molecule has 0 bridgehead atoms. The molecule has 34 heavy (non-hydrogen) atoms. The molecule has 0 spiro atoms. The summed E-state index contributed by atoms with van der Waals surface area (Å²) in [5.74, 6) is 8.88. The Labute approximate surface area is 212 Å². The lowest BCUT2D eigenvalue weighted by Crippen LogP contribution is -2.43. The first-order valence-corrected chi connectivity index (χ1v) is 18.0. The zero-order chi connectivity index (χ0) is 26.6. The second-order valence-electron chi connectivity index (χ2n) is 11.7. The van der Waals surface area contributed by atoms with Crippen LogP contribution in [0.25, 0.3) is 0 Å². The van der Waals surface area contributed by atoms with Crippen molar-refractivity contribution in [2.75, 3.05) is 7.11 Å². The molecular formula is C28H48O4Si2. The Bertz CT molecular complexity index is 793. The Hall–Kier alpha value is -1.58. The van der Waals surface area contributed by atoms with E-state index in [-0.39, 0.29) is 28.3 Å². The van der Waals surface area contributed by atoms with Gasteiger partial charge in [-0.3, -0.25) is 4.79 Å². The Morgan fingerprint density at radius 1 is 0.971 bits per heavy atom. The predicted octanol–water partition coefficient (Wildman–Crippen LogP) is 7.25. The largest absolute Gasteiger partial charge is 0.469 e. The molecule has 1 unspecified atom stereocenters. The van der Waals surface area contributed by atoms with Crippen LogP contribution in [0.15, 0.2) is 24.3 Å². The molecule has 2 atom stereocenters. The van der Waals surface area contributed by atoms with Crippen LogP contribution < -0.4 is 0 Å². The third kappa shape index (κ3) is 12.2. The van der Waals surface area contributed by atoms with Crippen molar-refractivity contribution in [2.24, 2.45) is 0 Å². The van der Waals surface area contributed by atoms with Crippen LogP contribution in [0.5, 0.6) is 0 Å². The fourth-order valence-corrected chi connectivity index (χ4v) is 4.99. The van der Waals surface area contributed by atoms with E-state index in [9.17, 15) is 4.79 Å². The van der Waals surface area contributed by atoms with Crippen molar-refractivity contribution >= 4 is 22.6 Å². The summed E-state index contributed by atoms with van der Waals surface area (Å²) < 4.78 is 17.7. The van der Waals surface area contributed by atoms with E-state index in [2.05, 4.69) is 85.5 Å². The van der Waals surface area contributed by atoms with Crippen LogP contribution in [0.2, 0.25) is 36.3 Å². The molecule has 0 aliphatic carbocycles. The zero-order valence-corrected chi connectivity index (χ0v) is 25.5. The van der Waals surface area contributed by atoms with Gasteiger partial charge in [-0.2, -0.15) is 0 Å². The quantitative estimate of drug-likeness (QED) is 0.129. The summed E-state index contributed by atoms with van der Waals surface area (Å²) in [6.07, 6.45) is 15.2. The van der Waals surface area contributed by atoms with Gasteiger partial charge in [-0.05, 0) is 55.2 Å². The number of ether oxygens (including phenoxy) is 1. The Balaban J connectivity index is 5.30. The minimum atomic E-state index is -1.98. The van der Waals surface area contributed by atoms with Crippen molar-refractivity contribution in [2.45, 2.75) is 116 Å². The Morgan fingerprint density at radius 3 is 2.03 bits per heavy atom. The minimum absolute atomic E-state index is 0.0873. The van der Waals surface area contributed by atoms with Crippen LogP contribution in [0.4, 0.5) is 0 Å². The van der Waals surface area contributed by atoms with Gasteiger partial charge in [0, 0.05) is 12.8 Å². The van der Waals surface area contributed by atoms with Gasteiger partial charge in [0.1, 0.15) is 6.10 Å². The van der Waals surface area contributed by atoms with Gasteiger partial charge >= 0.3 is 5.97 Å². The van der Waals surface area contributed by atoms with E-state index in [4.69, 9.17) is 20.0 Å². The molecule has 192 valence electrons. The van der Waals surface area contributed by atoms with Crippen molar-refractivity contribution in [3.8, 4) is 24.2 Å². The summed E-state index contributed by atoms with van der Waals surface area (Å²) in [4.78, 5) is 11.5. The molecule has 6 heteroatoms. The zero-order valence-electron chi connectivity index (χ0n) is 23.5. The number of hydrogen-bond acceptors (Lipinski definition) is 4. The van der Waals surface area contributed by atoms with E-state index >= 15 is 0 Å². The van der Waals surface area contributed by atoms with Crippen molar-refractivity contribution in [1.82, 2.24) is 0 Å². The van der Waals surface area contributed by atoms with E-state index in [0.717, 1.165) is 0 Å². The molecule has 0 heterocycles. The molecule has 0 aromatic heterocycles. The fraction of sp³-hybridized carbons (Fsp3) is 0.679. The van der Waals surface area contributed by atoms with Gasteiger partial charge < -0.3 is 13.6 Å². The van der Waals surface area contributed by atoms with Crippen LogP contribution in [-0.2, 0) is 18.4 Å². The van der Waals surface area contributed by atoms with Gasteiger partial charge in [0.15, 0.2) is 16.6 Å². The summed E-state index contributed by atoms with van der Waals surface area (Å²) in [5.41, 5.74) is 0. The fourth-order valence-electron chi connectivity index (χ4n) is 2.48. The molecule has 0 aliphatic rings. The standard InChI is InChI=1S/C28H48O4Si2/c1-13-19-24(31-33(9,10)27(2,3)4)20-16-14-15-17-21-25(22-18-23-26(29)30-8)32-34(11,12)28(5,6)7/h1,14-16,20,24-25H,18-19,22-23H2,2-12H3/b15-14+,20-16+/t24-,25?/m1/s1. The molecule has 0 amide bonds. The third-order valence-electron chi connectivity index (χ3n) is 6.75. The average Bonchev–Trinajstić information content (AvgIpc) is 2.67. The number of carbonyl (C=O) groups excluding carboxylic acids is 1. The lowest BCUT2D eigenvalue weighted by Gasteiger charge is -2.38. The smallest absolute Gasteiger partial charge is 0.305 e. The van der Waals surface area contributed by atoms with Gasteiger partial charge in [-0.1, -0.05) is 71.6 Å². The first kappa shape index (κ1) is 32.4. The minimum Gasteiger partial charge on any atom is -0.469 e. The maximum atomic E-state index is 11.5.